The fourth-order valence-corrected chi connectivity index (χ4v) is 5.37. The molecule has 0 radical (unpaired) electrons. The molecule has 0 saturated heterocycles. The van der Waals surface area contributed by atoms with Gasteiger partial charge in [-0.3, -0.25) is 14.4 Å². The first-order chi connectivity index (χ1) is 23.4. The van der Waals surface area contributed by atoms with Crippen molar-refractivity contribution < 1.29 is 38.5 Å². The van der Waals surface area contributed by atoms with Gasteiger partial charge in [0.25, 0.3) is 0 Å². The molecule has 0 bridgehead atoms. The maximum absolute atomic E-state index is 13.7. The van der Waals surface area contributed by atoms with Crippen LogP contribution < -0.4 is 26.4 Å². The lowest BCUT2D eigenvalue weighted by atomic mass is 9.81. The van der Waals surface area contributed by atoms with Gasteiger partial charge in [-0.2, -0.15) is 0 Å². The molecule has 0 aromatic heterocycles. The van der Waals surface area contributed by atoms with Crippen LogP contribution in [0.3, 0.4) is 0 Å². The lowest BCUT2D eigenvalue weighted by Crippen LogP contribution is -2.49. The molecule has 1 aromatic carbocycles. The second-order valence-corrected chi connectivity index (χ2v) is 17.0. The van der Waals surface area contributed by atoms with Crippen molar-refractivity contribution in [2.75, 3.05) is 32.2 Å². The van der Waals surface area contributed by atoms with E-state index in [0.717, 1.165) is 5.56 Å². The van der Waals surface area contributed by atoms with Gasteiger partial charge in [-0.25, -0.2) is 4.79 Å². The Labute approximate surface area is 306 Å². The summed E-state index contributed by atoms with van der Waals surface area (Å²) >= 11 is 0. The smallest absolute Gasteiger partial charge is 0.407 e. The van der Waals surface area contributed by atoms with Gasteiger partial charge in [0.15, 0.2) is 0 Å². The van der Waals surface area contributed by atoms with Gasteiger partial charge in [-0.15, -0.1) is 0 Å². The number of ether oxygens (including phenoxy) is 3. The number of methoxy groups -OCH3 is 1. The van der Waals surface area contributed by atoms with E-state index in [1.807, 2.05) is 45.9 Å². The Morgan fingerprint density at radius 3 is 2.04 bits per heavy atom. The van der Waals surface area contributed by atoms with Crippen LogP contribution in [0.15, 0.2) is 18.2 Å². The van der Waals surface area contributed by atoms with Gasteiger partial charge in [-0.1, -0.05) is 54.5 Å². The van der Waals surface area contributed by atoms with Gasteiger partial charge >= 0.3 is 6.09 Å². The van der Waals surface area contributed by atoms with E-state index in [2.05, 4.69) is 36.7 Å². The summed E-state index contributed by atoms with van der Waals surface area (Å²) in [4.78, 5) is 51.9. The third-order valence-electron chi connectivity index (χ3n) is 8.99. The number of aliphatic hydroxyl groups excluding tert-OH is 1. The number of carbonyl (C=O) groups is 4. The number of rotatable bonds is 20. The predicted molar refractivity (Wildman–Crippen MR) is 201 cm³/mol. The van der Waals surface area contributed by atoms with Crippen LogP contribution in [0.1, 0.15) is 114 Å². The SMILES string of the molecule is COCCCOc1ccc(C(C)(C)C)cc1NC(=O)C[C@@H](C[C@H](NC(=O)OC(C)(C)C)[C@@H](O)C[C@H](C(=O)NCC(C)(C)C(N)=O)C(C)C)C(C)C. The number of benzene rings is 1. The minimum atomic E-state index is -1.15. The van der Waals surface area contributed by atoms with Gasteiger partial charge in [0.05, 0.1) is 29.9 Å². The van der Waals surface area contributed by atoms with Crippen LogP contribution in [0.4, 0.5) is 10.5 Å². The summed E-state index contributed by atoms with van der Waals surface area (Å²) in [5.74, 6) is -1.61. The lowest BCUT2D eigenvalue weighted by Gasteiger charge is -2.33. The van der Waals surface area contributed by atoms with Gasteiger partial charge in [0, 0.05) is 39.0 Å². The summed E-state index contributed by atoms with van der Waals surface area (Å²) in [6, 6.07) is 4.97. The summed E-state index contributed by atoms with van der Waals surface area (Å²) in [7, 11) is 1.64. The van der Waals surface area contributed by atoms with Gasteiger partial charge < -0.3 is 41.0 Å². The van der Waals surface area contributed by atoms with Crippen molar-refractivity contribution in [2.45, 2.75) is 132 Å². The second-order valence-electron chi connectivity index (χ2n) is 17.0. The molecule has 51 heavy (non-hydrogen) atoms. The predicted octanol–water partition coefficient (Wildman–Crippen LogP) is 5.93. The number of hydrogen-bond donors (Lipinski definition) is 5. The van der Waals surface area contributed by atoms with E-state index in [0.29, 0.717) is 31.1 Å². The molecule has 12 heteroatoms. The Bertz CT molecular complexity index is 1280. The first-order valence-electron chi connectivity index (χ1n) is 18.2. The summed E-state index contributed by atoms with van der Waals surface area (Å²) in [6.07, 6.45) is -0.785. The van der Waals surface area contributed by atoms with Crippen LogP contribution in [0.25, 0.3) is 0 Å². The molecule has 292 valence electrons. The fourth-order valence-electron chi connectivity index (χ4n) is 5.37. The third-order valence-corrected chi connectivity index (χ3v) is 8.99. The van der Waals surface area contributed by atoms with Crippen molar-refractivity contribution in [3.05, 3.63) is 23.8 Å². The van der Waals surface area contributed by atoms with Crippen LogP contribution >= 0.6 is 0 Å². The Morgan fingerprint density at radius 1 is 0.902 bits per heavy atom. The van der Waals surface area contributed by atoms with Crippen molar-refractivity contribution in [3.63, 3.8) is 0 Å². The molecule has 0 fully saturated rings. The molecule has 12 nitrogen and oxygen atoms in total. The molecule has 1 rings (SSSR count). The number of amides is 4. The zero-order valence-electron chi connectivity index (χ0n) is 33.5. The Morgan fingerprint density at radius 2 is 1.53 bits per heavy atom. The normalized spacial score (nSPS) is 14.7. The van der Waals surface area contributed by atoms with E-state index in [1.165, 1.54) is 0 Å². The Balaban J connectivity index is 3.32. The highest BCUT2D eigenvalue weighted by atomic mass is 16.6. The van der Waals surface area contributed by atoms with E-state index in [1.54, 1.807) is 41.7 Å². The molecule has 4 amide bonds. The standard InChI is InChI=1S/C39H68N4O8/c1-24(2)26(20-33(45)42-30-21-27(37(5,6)7)15-16-32(30)50-18-14-17-49-13)19-29(43-36(48)51-38(8,9)10)31(44)22-28(25(3)4)34(46)41-23-39(11,12)35(40)47/h15-16,21,24-26,28-29,31,44H,14,17-20,22-23H2,1-13H3,(H2,40,47)(H,41,46)(H,42,45)(H,43,48)/t26-,28+,29+,31+/m1/s1. The van der Waals surface area contributed by atoms with Gasteiger partial charge in [0.1, 0.15) is 11.4 Å². The van der Waals surface area contributed by atoms with Crippen molar-refractivity contribution in [3.8, 4) is 5.75 Å². The number of hydrogen-bond acceptors (Lipinski definition) is 8. The fraction of sp³-hybridized carbons (Fsp3) is 0.744. The molecule has 0 aliphatic rings. The molecule has 0 unspecified atom stereocenters. The molecule has 0 spiro atoms. The summed E-state index contributed by atoms with van der Waals surface area (Å²) in [5, 5.41) is 20.4. The zero-order chi connectivity index (χ0) is 39.3. The average Bonchev–Trinajstić information content (AvgIpc) is 2.98. The van der Waals surface area contributed by atoms with E-state index in [4.69, 9.17) is 19.9 Å². The monoisotopic (exact) mass is 721 g/mol. The molecule has 6 N–H and O–H groups in total. The van der Waals surface area contributed by atoms with E-state index in [-0.39, 0.29) is 60.8 Å². The first kappa shape index (κ1) is 45.6. The molecule has 0 heterocycles. The molecular weight excluding hydrogens is 652 g/mol. The highest BCUT2D eigenvalue weighted by molar-refractivity contribution is 5.92. The highest BCUT2D eigenvalue weighted by Crippen LogP contribution is 2.33. The van der Waals surface area contributed by atoms with Crippen molar-refractivity contribution in [1.82, 2.24) is 10.6 Å². The van der Waals surface area contributed by atoms with E-state index in [9.17, 15) is 24.3 Å². The van der Waals surface area contributed by atoms with Crippen molar-refractivity contribution in [2.24, 2.45) is 34.8 Å². The first-order valence-corrected chi connectivity index (χ1v) is 18.2. The highest BCUT2D eigenvalue weighted by Gasteiger charge is 2.35. The Hall–Kier alpha value is -3.38. The quantitative estimate of drug-likeness (QED) is 0.103. The van der Waals surface area contributed by atoms with Crippen LogP contribution in [-0.4, -0.2) is 73.5 Å². The molecule has 0 saturated carbocycles. The number of aliphatic hydroxyl groups is 1. The minimum absolute atomic E-state index is 0.00298. The van der Waals surface area contributed by atoms with Gasteiger partial charge in [-0.05, 0) is 88.3 Å². The van der Waals surface area contributed by atoms with Crippen LogP contribution in [0.2, 0.25) is 0 Å². The largest absolute Gasteiger partial charge is 0.491 e. The summed E-state index contributed by atoms with van der Waals surface area (Å²) < 4.78 is 16.7. The average molecular weight is 721 g/mol. The lowest BCUT2D eigenvalue weighted by molar-refractivity contribution is -0.130. The van der Waals surface area contributed by atoms with E-state index >= 15 is 0 Å². The molecular formula is C39H68N4O8. The maximum atomic E-state index is 13.7. The van der Waals surface area contributed by atoms with E-state index < -0.39 is 41.1 Å². The van der Waals surface area contributed by atoms with Crippen molar-refractivity contribution >= 4 is 29.5 Å². The van der Waals surface area contributed by atoms with Crippen LogP contribution in [0.5, 0.6) is 5.75 Å². The van der Waals surface area contributed by atoms with Crippen LogP contribution in [0, 0.1) is 29.1 Å². The number of carbonyl (C=O) groups excluding carboxylic acids is 4. The zero-order valence-corrected chi connectivity index (χ0v) is 33.5. The number of primary amides is 1. The maximum Gasteiger partial charge on any atom is 0.407 e. The third kappa shape index (κ3) is 16.7. The van der Waals surface area contributed by atoms with Gasteiger partial charge in [0.2, 0.25) is 17.7 Å². The number of anilines is 1. The summed E-state index contributed by atoms with van der Waals surface area (Å²) in [6.45, 7) is 23.6. The summed E-state index contributed by atoms with van der Waals surface area (Å²) in [5.41, 5.74) is 5.20. The molecule has 1 aromatic rings. The molecule has 0 aliphatic carbocycles. The second kappa shape index (κ2) is 20.0. The topological polar surface area (TPSA) is 178 Å². The number of nitrogens with two attached hydrogens (primary N) is 1. The molecule has 0 aliphatic heterocycles. The van der Waals surface area contributed by atoms with Crippen LogP contribution in [-0.2, 0) is 29.3 Å². The Kier molecular flexibility index (Phi) is 17.9. The minimum Gasteiger partial charge on any atom is -0.491 e. The number of nitrogens with one attached hydrogen (secondary N) is 3. The molecule has 4 atom stereocenters. The van der Waals surface area contributed by atoms with Crippen molar-refractivity contribution in [1.29, 1.82) is 0 Å². The number of alkyl carbamates (subject to hydrolysis) is 1.